The molecule has 0 saturated carbocycles. The van der Waals surface area contributed by atoms with Gasteiger partial charge in [0.25, 0.3) is 5.91 Å². The largest absolute Gasteiger partial charge is 0.339 e. The molecule has 0 fully saturated rings. The molecule has 0 atom stereocenters. The fourth-order valence-electron chi connectivity index (χ4n) is 2.44. The number of amides is 1. The van der Waals surface area contributed by atoms with E-state index in [0.717, 1.165) is 50.1 Å². The number of hydrogen-bond donors (Lipinski definition) is 1. The maximum absolute atomic E-state index is 12.8. The van der Waals surface area contributed by atoms with Crippen molar-refractivity contribution in [2.45, 2.75) is 19.4 Å². The van der Waals surface area contributed by atoms with E-state index in [9.17, 15) is 4.79 Å². The molecule has 0 aliphatic rings. The van der Waals surface area contributed by atoms with Gasteiger partial charge in [-0.3, -0.25) is 4.79 Å². The zero-order chi connectivity index (χ0) is 17.2. The van der Waals surface area contributed by atoms with Crippen LogP contribution in [0.3, 0.4) is 0 Å². The molecule has 0 aliphatic carbocycles. The molecule has 0 aromatic heterocycles. The van der Waals surface area contributed by atoms with Crippen LogP contribution in [0.1, 0.15) is 28.8 Å². The van der Waals surface area contributed by atoms with Crippen LogP contribution in [0.2, 0.25) is 0 Å². The van der Waals surface area contributed by atoms with E-state index in [1.54, 1.807) is 0 Å². The Hall–Kier alpha value is -1.14. The predicted molar refractivity (Wildman–Crippen MR) is 104 cm³/mol. The van der Waals surface area contributed by atoms with Gasteiger partial charge in [-0.25, -0.2) is 0 Å². The first-order chi connectivity index (χ1) is 10.9. The summed E-state index contributed by atoms with van der Waals surface area (Å²) in [5, 5.41) is 0. The first-order valence-corrected chi connectivity index (χ1v) is 8.31. The third-order valence-corrected chi connectivity index (χ3v) is 3.79. The number of hydrogen-bond acceptors (Lipinski definition) is 4. The van der Waals surface area contributed by atoms with Crippen molar-refractivity contribution in [3.8, 4) is 0 Å². The number of carbonyl (C=O) groups is 1. The Balaban J connectivity index is 0.00000529. The maximum Gasteiger partial charge on any atom is 0.253 e. The molecular formula is C18H33ClN4O. The number of benzene rings is 1. The van der Waals surface area contributed by atoms with Crippen molar-refractivity contribution in [3.05, 3.63) is 35.4 Å². The average Bonchev–Trinajstić information content (AvgIpc) is 2.52. The maximum atomic E-state index is 12.8. The number of nitrogens with zero attached hydrogens (tertiary/aromatic N) is 3. The number of rotatable bonds is 10. The lowest BCUT2D eigenvalue weighted by molar-refractivity contribution is 0.0744. The topological polar surface area (TPSA) is 52.8 Å². The fourth-order valence-corrected chi connectivity index (χ4v) is 2.44. The highest BCUT2D eigenvalue weighted by molar-refractivity contribution is 5.94. The van der Waals surface area contributed by atoms with Crippen LogP contribution in [-0.4, -0.2) is 75.0 Å². The molecule has 138 valence electrons. The van der Waals surface area contributed by atoms with Crippen LogP contribution in [0.25, 0.3) is 0 Å². The van der Waals surface area contributed by atoms with Crippen molar-refractivity contribution in [1.29, 1.82) is 0 Å². The zero-order valence-corrected chi connectivity index (χ0v) is 16.3. The molecule has 2 N–H and O–H groups in total. The lowest BCUT2D eigenvalue weighted by Crippen LogP contribution is -2.35. The van der Waals surface area contributed by atoms with Crippen molar-refractivity contribution >= 4 is 18.3 Å². The fraction of sp³-hybridized carbons (Fsp3) is 0.611. The van der Waals surface area contributed by atoms with E-state index < -0.39 is 0 Å². The first-order valence-electron chi connectivity index (χ1n) is 8.31. The molecule has 6 heteroatoms. The van der Waals surface area contributed by atoms with E-state index in [-0.39, 0.29) is 18.3 Å². The minimum Gasteiger partial charge on any atom is -0.339 e. The van der Waals surface area contributed by atoms with Gasteiger partial charge in [-0.1, -0.05) is 12.1 Å². The van der Waals surface area contributed by atoms with Gasteiger partial charge in [0.05, 0.1) is 0 Å². The molecule has 1 aromatic rings. The Bertz CT molecular complexity index is 449. The van der Waals surface area contributed by atoms with E-state index in [1.807, 2.05) is 29.2 Å². The van der Waals surface area contributed by atoms with E-state index in [4.69, 9.17) is 5.73 Å². The average molecular weight is 357 g/mol. The van der Waals surface area contributed by atoms with Crippen molar-refractivity contribution in [1.82, 2.24) is 14.7 Å². The van der Waals surface area contributed by atoms with Gasteiger partial charge in [0.1, 0.15) is 0 Å². The molecule has 1 aromatic carbocycles. The van der Waals surface area contributed by atoms with Crippen molar-refractivity contribution in [2.75, 3.05) is 54.4 Å². The van der Waals surface area contributed by atoms with Crippen molar-refractivity contribution < 1.29 is 4.79 Å². The van der Waals surface area contributed by atoms with Gasteiger partial charge in [-0.15, -0.1) is 12.4 Å². The Morgan fingerprint density at radius 2 is 1.33 bits per heavy atom. The first kappa shape index (κ1) is 22.9. The molecule has 5 nitrogen and oxygen atoms in total. The molecule has 1 rings (SSSR count). The number of nitrogens with two attached hydrogens (primary N) is 1. The summed E-state index contributed by atoms with van der Waals surface area (Å²) < 4.78 is 0. The van der Waals surface area contributed by atoms with Crippen molar-refractivity contribution in [2.24, 2.45) is 5.73 Å². The highest BCUT2D eigenvalue weighted by atomic mass is 35.5. The van der Waals surface area contributed by atoms with Crippen LogP contribution in [0.5, 0.6) is 0 Å². The normalized spacial score (nSPS) is 10.8. The summed E-state index contributed by atoms with van der Waals surface area (Å²) in [7, 11) is 8.24. The van der Waals surface area contributed by atoms with Gasteiger partial charge in [0, 0.05) is 25.2 Å². The monoisotopic (exact) mass is 356 g/mol. The summed E-state index contributed by atoms with van der Waals surface area (Å²) in [6, 6.07) is 7.64. The molecular weight excluding hydrogens is 324 g/mol. The minimum absolute atomic E-state index is 0. The van der Waals surface area contributed by atoms with Gasteiger partial charge >= 0.3 is 0 Å². The highest BCUT2D eigenvalue weighted by Gasteiger charge is 2.15. The Labute approximate surface area is 153 Å². The van der Waals surface area contributed by atoms with Crippen LogP contribution in [-0.2, 0) is 6.54 Å². The second-order valence-electron chi connectivity index (χ2n) is 6.51. The highest BCUT2D eigenvalue weighted by Crippen LogP contribution is 2.09. The number of halogens is 1. The molecule has 0 bridgehead atoms. The molecule has 1 amide bonds. The Kier molecular flexibility index (Phi) is 11.7. The molecule has 0 aliphatic heterocycles. The van der Waals surface area contributed by atoms with Crippen LogP contribution in [0.15, 0.2) is 24.3 Å². The molecule has 0 saturated heterocycles. The second-order valence-corrected chi connectivity index (χ2v) is 6.51. The summed E-state index contributed by atoms with van der Waals surface area (Å²) >= 11 is 0. The molecule has 0 radical (unpaired) electrons. The van der Waals surface area contributed by atoms with E-state index in [1.165, 1.54) is 0 Å². The summed E-state index contributed by atoms with van der Waals surface area (Å²) in [4.78, 5) is 19.0. The van der Waals surface area contributed by atoms with Crippen LogP contribution >= 0.6 is 12.4 Å². The summed E-state index contributed by atoms with van der Waals surface area (Å²) in [6.45, 7) is 4.07. The Morgan fingerprint density at radius 1 is 0.875 bits per heavy atom. The summed E-state index contributed by atoms with van der Waals surface area (Å²) in [6.07, 6.45) is 1.98. The lowest BCUT2D eigenvalue weighted by atomic mass is 10.1. The van der Waals surface area contributed by atoms with E-state index >= 15 is 0 Å². The second kappa shape index (κ2) is 12.3. The lowest BCUT2D eigenvalue weighted by Gasteiger charge is -2.24. The third-order valence-electron chi connectivity index (χ3n) is 3.79. The van der Waals surface area contributed by atoms with Crippen molar-refractivity contribution in [3.63, 3.8) is 0 Å². The van der Waals surface area contributed by atoms with Gasteiger partial charge in [0.15, 0.2) is 0 Å². The van der Waals surface area contributed by atoms with E-state index in [0.29, 0.717) is 6.54 Å². The molecule has 0 heterocycles. The minimum atomic E-state index is 0. The standard InChI is InChI=1S/C18H32N4O.ClH/c1-20(2)11-5-13-22(14-6-12-21(3)4)18(23)17-9-7-16(15-19)8-10-17;/h7-10H,5-6,11-15,19H2,1-4H3;1H. The van der Waals surface area contributed by atoms with Crippen LogP contribution < -0.4 is 5.73 Å². The molecule has 0 spiro atoms. The predicted octanol–water partition coefficient (Wildman–Crippen LogP) is 1.91. The van der Waals surface area contributed by atoms with Crippen LogP contribution in [0.4, 0.5) is 0 Å². The summed E-state index contributed by atoms with van der Waals surface area (Å²) in [5.41, 5.74) is 7.42. The molecule has 0 unspecified atom stereocenters. The quantitative estimate of drug-likeness (QED) is 0.695. The van der Waals surface area contributed by atoms with E-state index in [2.05, 4.69) is 38.0 Å². The Morgan fingerprint density at radius 3 is 1.71 bits per heavy atom. The van der Waals surface area contributed by atoms with Gasteiger partial charge in [-0.05, 0) is 71.8 Å². The summed E-state index contributed by atoms with van der Waals surface area (Å²) in [5.74, 6) is 0.117. The third kappa shape index (κ3) is 8.64. The van der Waals surface area contributed by atoms with Gasteiger partial charge in [-0.2, -0.15) is 0 Å². The molecule has 24 heavy (non-hydrogen) atoms. The van der Waals surface area contributed by atoms with Crippen LogP contribution in [0, 0.1) is 0 Å². The number of carbonyl (C=O) groups excluding carboxylic acids is 1. The smallest absolute Gasteiger partial charge is 0.253 e. The van der Waals surface area contributed by atoms with Gasteiger partial charge < -0.3 is 20.4 Å². The SMILES string of the molecule is CN(C)CCCN(CCCN(C)C)C(=O)c1ccc(CN)cc1.Cl. The van der Waals surface area contributed by atoms with Gasteiger partial charge in [0.2, 0.25) is 0 Å². The zero-order valence-electron chi connectivity index (χ0n) is 15.5.